The number of nitrogens with zero attached hydrogens (tertiary/aromatic N) is 1. The summed E-state index contributed by atoms with van der Waals surface area (Å²) in [5.41, 5.74) is 0.511. The molecule has 0 amide bonds. The Balaban J connectivity index is 0.00000192. The van der Waals surface area contributed by atoms with Gasteiger partial charge in [-0.15, -0.1) is 0 Å². The summed E-state index contributed by atoms with van der Waals surface area (Å²) in [4.78, 5) is 26.7. The maximum Gasteiger partial charge on any atom is 0.338 e. The van der Waals surface area contributed by atoms with Crippen molar-refractivity contribution in [1.29, 1.82) is 0 Å². The minimum Gasteiger partial charge on any atom is -0.469 e. The predicted octanol–water partition coefficient (Wildman–Crippen LogP) is 1.87. The second-order valence-corrected chi connectivity index (χ2v) is 6.06. The average molecular weight is 369 g/mol. The molecule has 6 heteroatoms. The average Bonchev–Trinajstić information content (AvgIpc) is 2.78. The minimum atomic E-state index is -0.408. The van der Waals surface area contributed by atoms with Crippen LogP contribution in [0.5, 0.6) is 0 Å². The smallest absolute Gasteiger partial charge is 0.338 e. The van der Waals surface area contributed by atoms with E-state index in [4.69, 9.17) is 9.47 Å². The molecule has 2 aliphatic heterocycles. The Morgan fingerprint density at radius 2 is 1.87 bits per heavy atom. The SMILES string of the molecule is COC(=O)[C@@H]1C2CCC(C[C@@H]1OC(=O)c1ccccc1)N2C.[Zn]. The summed E-state index contributed by atoms with van der Waals surface area (Å²) in [7, 11) is 3.42. The summed E-state index contributed by atoms with van der Waals surface area (Å²) in [6.45, 7) is 0. The summed E-state index contributed by atoms with van der Waals surface area (Å²) in [5, 5.41) is 0. The minimum absolute atomic E-state index is 0. The van der Waals surface area contributed by atoms with Gasteiger partial charge in [0.15, 0.2) is 0 Å². The second kappa shape index (κ2) is 7.54. The molecule has 0 radical (unpaired) electrons. The van der Waals surface area contributed by atoms with E-state index in [2.05, 4.69) is 4.90 Å². The topological polar surface area (TPSA) is 55.8 Å². The molecule has 1 aromatic rings. The van der Waals surface area contributed by atoms with Gasteiger partial charge in [-0.2, -0.15) is 0 Å². The standard InChI is InChI=1S/C17H21NO4.Zn/c1-18-12-8-9-13(18)15(17(20)21-2)14(10-12)22-16(19)11-6-4-3-5-7-11;/h3-7,12-15H,8-10H2,1-2H3;/t12?,13?,14-,15+;/m0./s1. The van der Waals surface area contributed by atoms with E-state index in [1.807, 2.05) is 13.1 Å². The predicted molar refractivity (Wildman–Crippen MR) is 80.3 cm³/mol. The fraction of sp³-hybridized carbons (Fsp3) is 0.529. The van der Waals surface area contributed by atoms with Crippen LogP contribution in [-0.2, 0) is 33.7 Å². The van der Waals surface area contributed by atoms with E-state index in [1.165, 1.54) is 7.11 Å². The van der Waals surface area contributed by atoms with E-state index >= 15 is 0 Å². The zero-order chi connectivity index (χ0) is 15.7. The van der Waals surface area contributed by atoms with Crippen LogP contribution in [-0.4, -0.2) is 49.2 Å². The van der Waals surface area contributed by atoms with Crippen molar-refractivity contribution in [3.8, 4) is 0 Å². The van der Waals surface area contributed by atoms with Gasteiger partial charge in [-0.3, -0.25) is 9.69 Å². The molecule has 120 valence electrons. The number of hydrogen-bond acceptors (Lipinski definition) is 5. The maximum absolute atomic E-state index is 12.3. The monoisotopic (exact) mass is 367 g/mol. The van der Waals surface area contributed by atoms with Crippen LogP contribution < -0.4 is 0 Å². The molecular formula is C17H21NO4Zn. The molecule has 4 atom stereocenters. The Hall–Kier alpha value is -1.26. The van der Waals surface area contributed by atoms with Gasteiger partial charge in [0.05, 0.1) is 12.7 Å². The van der Waals surface area contributed by atoms with Gasteiger partial charge < -0.3 is 9.47 Å². The number of benzene rings is 1. The zero-order valence-electron chi connectivity index (χ0n) is 13.6. The van der Waals surface area contributed by atoms with Gasteiger partial charge in [0, 0.05) is 38.0 Å². The molecule has 0 aliphatic carbocycles. The first-order chi connectivity index (χ1) is 10.6. The molecule has 0 spiro atoms. The number of carbonyl (C=O) groups excluding carboxylic acids is 2. The number of hydrogen-bond donors (Lipinski definition) is 0. The molecule has 2 fully saturated rings. The van der Waals surface area contributed by atoms with Crippen molar-refractivity contribution in [3.05, 3.63) is 35.9 Å². The third-order valence-electron chi connectivity index (χ3n) is 4.96. The van der Waals surface area contributed by atoms with E-state index in [0.29, 0.717) is 18.0 Å². The van der Waals surface area contributed by atoms with Crippen LogP contribution in [0.1, 0.15) is 29.6 Å². The molecule has 2 bridgehead atoms. The number of methoxy groups -OCH3 is 1. The van der Waals surface area contributed by atoms with E-state index in [1.54, 1.807) is 24.3 Å². The van der Waals surface area contributed by atoms with Gasteiger partial charge in [0.25, 0.3) is 0 Å². The summed E-state index contributed by atoms with van der Waals surface area (Å²) in [6.07, 6.45) is 2.26. The Morgan fingerprint density at radius 3 is 2.52 bits per heavy atom. The number of esters is 2. The van der Waals surface area contributed by atoms with Gasteiger partial charge in [0.1, 0.15) is 12.0 Å². The fourth-order valence-electron chi connectivity index (χ4n) is 3.77. The Bertz CT molecular complexity index is 565. The molecule has 2 heterocycles. The number of ether oxygens (including phenoxy) is 2. The molecular weight excluding hydrogens is 348 g/mol. The number of fused-ring (bicyclic) bond motifs is 2. The maximum atomic E-state index is 12.3. The second-order valence-electron chi connectivity index (χ2n) is 6.06. The Morgan fingerprint density at radius 1 is 1.17 bits per heavy atom. The van der Waals surface area contributed by atoms with Crippen molar-refractivity contribution in [2.24, 2.45) is 5.92 Å². The van der Waals surface area contributed by atoms with Crippen LogP contribution in [0.4, 0.5) is 0 Å². The third kappa shape index (κ3) is 3.48. The summed E-state index contributed by atoms with van der Waals surface area (Å²) in [5.74, 6) is -1.06. The van der Waals surface area contributed by atoms with Gasteiger partial charge >= 0.3 is 11.9 Å². The van der Waals surface area contributed by atoms with Gasteiger partial charge in [-0.1, -0.05) is 18.2 Å². The quantitative estimate of drug-likeness (QED) is 0.602. The van der Waals surface area contributed by atoms with Crippen LogP contribution in [0, 0.1) is 5.92 Å². The van der Waals surface area contributed by atoms with Crippen LogP contribution in [0.3, 0.4) is 0 Å². The summed E-state index contributed by atoms with van der Waals surface area (Å²) in [6, 6.07) is 9.36. The van der Waals surface area contributed by atoms with E-state index < -0.39 is 12.0 Å². The van der Waals surface area contributed by atoms with Crippen molar-refractivity contribution in [2.75, 3.05) is 14.2 Å². The Labute approximate surface area is 149 Å². The normalized spacial score (nSPS) is 29.5. The third-order valence-corrected chi connectivity index (χ3v) is 4.96. The van der Waals surface area contributed by atoms with Crippen LogP contribution >= 0.6 is 0 Å². The first-order valence-electron chi connectivity index (χ1n) is 7.67. The van der Waals surface area contributed by atoms with Crippen molar-refractivity contribution < 1.29 is 38.5 Å². The van der Waals surface area contributed by atoms with Crippen LogP contribution in [0.15, 0.2) is 30.3 Å². The molecule has 2 aliphatic rings. The molecule has 0 saturated carbocycles. The molecule has 23 heavy (non-hydrogen) atoms. The number of piperidine rings is 1. The first kappa shape index (κ1) is 18.1. The van der Waals surface area contributed by atoms with Crippen molar-refractivity contribution in [2.45, 2.75) is 37.5 Å². The van der Waals surface area contributed by atoms with Crippen LogP contribution in [0.25, 0.3) is 0 Å². The van der Waals surface area contributed by atoms with Crippen molar-refractivity contribution in [3.63, 3.8) is 0 Å². The molecule has 0 aromatic heterocycles. The molecule has 2 unspecified atom stereocenters. The number of carbonyl (C=O) groups is 2. The molecule has 2 saturated heterocycles. The van der Waals surface area contributed by atoms with E-state index in [-0.39, 0.29) is 37.5 Å². The fourth-order valence-corrected chi connectivity index (χ4v) is 3.77. The zero-order valence-corrected chi connectivity index (χ0v) is 16.6. The van der Waals surface area contributed by atoms with E-state index in [0.717, 1.165) is 12.8 Å². The van der Waals surface area contributed by atoms with E-state index in [9.17, 15) is 9.59 Å². The van der Waals surface area contributed by atoms with Crippen molar-refractivity contribution in [1.82, 2.24) is 4.90 Å². The first-order valence-corrected chi connectivity index (χ1v) is 7.67. The molecule has 5 nitrogen and oxygen atoms in total. The van der Waals surface area contributed by atoms with Gasteiger partial charge in [-0.25, -0.2) is 4.79 Å². The molecule has 1 aromatic carbocycles. The van der Waals surface area contributed by atoms with Gasteiger partial charge in [0.2, 0.25) is 0 Å². The summed E-state index contributed by atoms with van der Waals surface area (Å²) >= 11 is 0. The largest absolute Gasteiger partial charge is 0.469 e. The number of rotatable bonds is 3. The molecule has 3 rings (SSSR count). The van der Waals surface area contributed by atoms with Gasteiger partial charge in [-0.05, 0) is 32.0 Å². The summed E-state index contributed by atoms with van der Waals surface area (Å²) < 4.78 is 10.6. The Kier molecular flexibility index (Phi) is 5.93. The molecule has 0 N–H and O–H groups in total. The van der Waals surface area contributed by atoms with Crippen molar-refractivity contribution >= 4 is 11.9 Å². The van der Waals surface area contributed by atoms with Crippen LogP contribution in [0.2, 0.25) is 0 Å².